The third kappa shape index (κ3) is 3.12. The Morgan fingerprint density at radius 1 is 1.42 bits per heavy atom. The Bertz CT molecular complexity index is 809. The van der Waals surface area contributed by atoms with Gasteiger partial charge in [0.1, 0.15) is 18.0 Å². The molecule has 1 fully saturated rings. The molecule has 2 aliphatic rings. The van der Waals surface area contributed by atoms with Crippen molar-refractivity contribution in [2.45, 2.75) is 24.8 Å². The van der Waals surface area contributed by atoms with E-state index in [0.29, 0.717) is 6.54 Å². The molecule has 2 atom stereocenters. The molecular weight excluding hydrogens is 328 g/mol. The maximum Gasteiger partial charge on any atom is 0.246 e. The van der Waals surface area contributed by atoms with E-state index in [1.54, 1.807) is 12.5 Å². The lowest BCUT2D eigenvalue weighted by atomic mass is 9.95. The second-order valence-electron chi connectivity index (χ2n) is 6.68. The van der Waals surface area contributed by atoms with Crippen molar-refractivity contribution in [3.05, 3.63) is 54.6 Å². The summed E-state index contributed by atoms with van der Waals surface area (Å²) >= 11 is 0. The number of hydrogen-bond donors (Lipinski definition) is 2. The molecule has 26 heavy (non-hydrogen) atoms. The smallest absolute Gasteiger partial charge is 0.246 e. The number of carbonyl (C=O) groups is 1. The first kappa shape index (κ1) is 16.5. The molecule has 1 saturated heterocycles. The van der Waals surface area contributed by atoms with Crippen LogP contribution in [0.3, 0.4) is 0 Å². The highest BCUT2D eigenvalue weighted by Gasteiger charge is 2.30. The monoisotopic (exact) mass is 350 g/mol. The molecule has 0 radical (unpaired) electrons. The molecule has 4 heterocycles. The summed E-state index contributed by atoms with van der Waals surface area (Å²) in [6.07, 6.45) is 8.60. The molecule has 1 unspecified atom stereocenters. The van der Waals surface area contributed by atoms with Gasteiger partial charge in [0.15, 0.2) is 0 Å². The highest BCUT2D eigenvalue weighted by Crippen LogP contribution is 2.38. The lowest BCUT2D eigenvalue weighted by Crippen LogP contribution is -2.44. The molecule has 2 aromatic heterocycles. The summed E-state index contributed by atoms with van der Waals surface area (Å²) in [5, 5.41) is 6.92. The molecule has 2 aliphatic heterocycles. The van der Waals surface area contributed by atoms with Gasteiger partial charge in [-0.3, -0.25) is 9.78 Å². The minimum absolute atomic E-state index is 0.0145. The van der Waals surface area contributed by atoms with Crippen LogP contribution in [0.5, 0.6) is 0 Å². The van der Waals surface area contributed by atoms with Gasteiger partial charge in [0.25, 0.3) is 0 Å². The predicted octanol–water partition coefficient (Wildman–Crippen LogP) is 2.02. The van der Waals surface area contributed by atoms with E-state index in [2.05, 4.69) is 38.2 Å². The first-order valence-corrected chi connectivity index (χ1v) is 8.93. The molecule has 0 saturated carbocycles. The number of carbonyl (C=O) groups excluding carboxylic acids is 1. The van der Waals surface area contributed by atoms with Gasteiger partial charge in [0.05, 0.1) is 0 Å². The SMILES string of the molecule is C=CC(=O)N1CCC[C@@H](Nc2ncnc3c2C(c2cccnc2)CN3)C1. The van der Waals surface area contributed by atoms with Gasteiger partial charge < -0.3 is 15.5 Å². The van der Waals surface area contributed by atoms with Gasteiger partial charge in [-0.25, -0.2) is 9.97 Å². The molecule has 4 rings (SSSR count). The second kappa shape index (κ2) is 7.11. The Hall–Kier alpha value is -2.96. The van der Waals surface area contributed by atoms with Crippen molar-refractivity contribution in [3.63, 3.8) is 0 Å². The summed E-state index contributed by atoms with van der Waals surface area (Å²) in [5.74, 6) is 1.86. The van der Waals surface area contributed by atoms with Crippen LogP contribution in [-0.2, 0) is 4.79 Å². The highest BCUT2D eigenvalue weighted by atomic mass is 16.2. The van der Waals surface area contributed by atoms with Crippen LogP contribution in [0.2, 0.25) is 0 Å². The largest absolute Gasteiger partial charge is 0.369 e. The van der Waals surface area contributed by atoms with Crippen molar-refractivity contribution < 1.29 is 4.79 Å². The quantitative estimate of drug-likeness (QED) is 0.821. The van der Waals surface area contributed by atoms with E-state index in [0.717, 1.165) is 48.7 Å². The first-order chi connectivity index (χ1) is 12.8. The van der Waals surface area contributed by atoms with Gasteiger partial charge in [0, 0.05) is 49.6 Å². The number of aromatic nitrogens is 3. The summed E-state index contributed by atoms with van der Waals surface area (Å²) in [4.78, 5) is 26.9. The second-order valence-corrected chi connectivity index (χ2v) is 6.68. The summed E-state index contributed by atoms with van der Waals surface area (Å²) < 4.78 is 0. The third-order valence-electron chi connectivity index (χ3n) is 5.04. The number of nitrogens with one attached hydrogen (secondary N) is 2. The summed E-state index contributed by atoms with van der Waals surface area (Å²) in [5.41, 5.74) is 2.22. The molecule has 7 nitrogen and oxygen atoms in total. The maximum absolute atomic E-state index is 11.9. The third-order valence-corrected chi connectivity index (χ3v) is 5.04. The number of nitrogens with zero attached hydrogens (tertiary/aromatic N) is 4. The van der Waals surface area contributed by atoms with Gasteiger partial charge in [-0.05, 0) is 30.5 Å². The van der Waals surface area contributed by atoms with Gasteiger partial charge in [0.2, 0.25) is 5.91 Å². The Morgan fingerprint density at radius 3 is 3.15 bits per heavy atom. The molecule has 0 aliphatic carbocycles. The van der Waals surface area contributed by atoms with Crippen molar-refractivity contribution in [1.82, 2.24) is 19.9 Å². The van der Waals surface area contributed by atoms with Gasteiger partial charge in [-0.2, -0.15) is 0 Å². The minimum Gasteiger partial charge on any atom is -0.369 e. The Labute approximate surface area is 152 Å². The summed E-state index contributed by atoms with van der Waals surface area (Å²) in [6.45, 7) is 5.81. The van der Waals surface area contributed by atoms with Gasteiger partial charge >= 0.3 is 0 Å². The zero-order valence-electron chi connectivity index (χ0n) is 14.6. The lowest BCUT2D eigenvalue weighted by molar-refractivity contribution is -0.127. The van der Waals surface area contributed by atoms with Crippen LogP contribution in [-0.4, -0.2) is 51.4 Å². The average Bonchev–Trinajstić information content (AvgIpc) is 3.13. The molecule has 0 spiro atoms. The summed E-state index contributed by atoms with van der Waals surface area (Å²) in [7, 11) is 0. The van der Waals surface area contributed by atoms with Gasteiger partial charge in [-0.1, -0.05) is 12.6 Å². The number of piperidine rings is 1. The lowest BCUT2D eigenvalue weighted by Gasteiger charge is -2.33. The normalized spacial score (nSPS) is 21.6. The Balaban J connectivity index is 1.58. The van der Waals surface area contributed by atoms with Crippen LogP contribution in [0.1, 0.15) is 29.9 Å². The number of likely N-dealkylation sites (tertiary alicyclic amines) is 1. The zero-order chi connectivity index (χ0) is 17.9. The van der Waals surface area contributed by atoms with Crippen molar-refractivity contribution >= 4 is 17.5 Å². The molecule has 0 bridgehead atoms. The number of amides is 1. The minimum atomic E-state index is -0.0145. The zero-order valence-corrected chi connectivity index (χ0v) is 14.6. The number of pyridine rings is 1. The highest BCUT2D eigenvalue weighted by molar-refractivity contribution is 5.87. The van der Waals surface area contributed by atoms with E-state index in [9.17, 15) is 4.79 Å². The summed E-state index contributed by atoms with van der Waals surface area (Å²) in [6, 6.07) is 4.20. The standard InChI is InChI=1S/C19H22N6O/c1-2-16(26)25-8-4-6-14(11-25)24-19-17-15(13-5-3-7-20-9-13)10-21-18(17)22-12-23-19/h2-3,5,7,9,12,14-15H,1,4,6,8,10-11H2,(H2,21,22,23,24)/t14-,15?/m1/s1. The van der Waals surface area contributed by atoms with Crippen LogP contribution in [0.25, 0.3) is 0 Å². The molecule has 2 N–H and O–H groups in total. The first-order valence-electron chi connectivity index (χ1n) is 8.93. The fourth-order valence-electron chi connectivity index (χ4n) is 3.77. The van der Waals surface area contributed by atoms with Crippen LogP contribution in [0.4, 0.5) is 11.6 Å². The number of fused-ring (bicyclic) bond motifs is 1. The van der Waals surface area contributed by atoms with Crippen molar-refractivity contribution in [3.8, 4) is 0 Å². The number of rotatable bonds is 4. The molecular formula is C19H22N6O. The maximum atomic E-state index is 11.9. The van der Waals surface area contributed by atoms with Crippen LogP contribution in [0, 0.1) is 0 Å². The molecule has 0 aromatic carbocycles. The van der Waals surface area contributed by atoms with Gasteiger partial charge in [-0.15, -0.1) is 0 Å². The van der Waals surface area contributed by atoms with Crippen molar-refractivity contribution in [2.24, 2.45) is 0 Å². The Kier molecular flexibility index (Phi) is 4.51. The molecule has 2 aromatic rings. The molecule has 1 amide bonds. The van der Waals surface area contributed by atoms with Crippen LogP contribution in [0.15, 0.2) is 43.5 Å². The van der Waals surface area contributed by atoms with E-state index >= 15 is 0 Å². The fraction of sp³-hybridized carbons (Fsp3) is 0.368. The van der Waals surface area contributed by atoms with E-state index in [1.807, 2.05) is 17.2 Å². The predicted molar refractivity (Wildman–Crippen MR) is 100 cm³/mol. The number of hydrogen-bond acceptors (Lipinski definition) is 6. The Morgan fingerprint density at radius 2 is 2.35 bits per heavy atom. The number of anilines is 2. The molecule has 134 valence electrons. The van der Waals surface area contributed by atoms with Crippen LogP contribution < -0.4 is 10.6 Å². The van der Waals surface area contributed by atoms with Crippen molar-refractivity contribution in [1.29, 1.82) is 0 Å². The topological polar surface area (TPSA) is 83.0 Å². The van der Waals surface area contributed by atoms with E-state index in [4.69, 9.17) is 0 Å². The van der Waals surface area contributed by atoms with E-state index in [1.165, 1.54) is 6.08 Å². The fourth-order valence-corrected chi connectivity index (χ4v) is 3.77. The van der Waals surface area contributed by atoms with E-state index in [-0.39, 0.29) is 17.9 Å². The average molecular weight is 350 g/mol. The van der Waals surface area contributed by atoms with Crippen molar-refractivity contribution in [2.75, 3.05) is 30.3 Å². The van der Waals surface area contributed by atoms with E-state index < -0.39 is 0 Å². The molecule has 7 heteroatoms. The van der Waals surface area contributed by atoms with Crippen LogP contribution >= 0.6 is 0 Å².